The molecule has 0 aliphatic carbocycles. The summed E-state index contributed by atoms with van der Waals surface area (Å²) in [7, 11) is 0. The molecule has 7 nitrogen and oxygen atoms in total. The molecule has 0 radical (unpaired) electrons. The van der Waals surface area contributed by atoms with Crippen LogP contribution < -0.4 is 21.1 Å². The van der Waals surface area contributed by atoms with Gasteiger partial charge in [0.25, 0.3) is 17.4 Å². The lowest BCUT2D eigenvalue weighted by Crippen LogP contribution is -2.47. The molecule has 0 saturated carbocycles. The van der Waals surface area contributed by atoms with Gasteiger partial charge in [0.2, 0.25) is 0 Å². The minimum Gasteiger partial charge on any atom is -0.369 e. The molecule has 2 amide bonds. The zero-order valence-electron chi connectivity index (χ0n) is 23.7. The Bertz CT molecular complexity index is 1690. The van der Waals surface area contributed by atoms with Crippen LogP contribution in [0.25, 0.3) is 0 Å². The first-order chi connectivity index (χ1) is 21.0. The lowest BCUT2D eigenvalue weighted by molar-refractivity contribution is 0.0954. The average Bonchev–Trinajstić information content (AvgIpc) is 3.02. The third-order valence-electron chi connectivity index (χ3n) is 8.09. The van der Waals surface area contributed by atoms with Gasteiger partial charge in [-0.15, -0.1) is 0 Å². The van der Waals surface area contributed by atoms with Crippen molar-refractivity contribution in [3.05, 3.63) is 128 Å². The van der Waals surface area contributed by atoms with Crippen molar-refractivity contribution in [1.82, 2.24) is 9.88 Å². The molecule has 43 heavy (non-hydrogen) atoms. The van der Waals surface area contributed by atoms with E-state index in [1.807, 2.05) is 65.2 Å². The second-order valence-corrected chi connectivity index (χ2v) is 13.0. The highest BCUT2D eigenvalue weighted by molar-refractivity contribution is 9.10. The number of pyridine rings is 1. The summed E-state index contributed by atoms with van der Waals surface area (Å²) in [4.78, 5) is 41.4. The van der Waals surface area contributed by atoms with E-state index in [-0.39, 0.29) is 23.3 Å². The fourth-order valence-corrected chi connectivity index (χ4v) is 7.37. The van der Waals surface area contributed by atoms with E-state index in [4.69, 9.17) is 0 Å². The maximum absolute atomic E-state index is 13.4. The first-order valence-electron chi connectivity index (χ1n) is 14.5. The minimum atomic E-state index is -0.252. The maximum atomic E-state index is 13.4. The van der Waals surface area contributed by atoms with Crippen molar-refractivity contribution in [2.45, 2.75) is 24.6 Å². The van der Waals surface area contributed by atoms with Gasteiger partial charge in [0.15, 0.2) is 0 Å². The van der Waals surface area contributed by atoms with E-state index in [1.165, 1.54) is 5.56 Å². The second-order valence-electron chi connectivity index (χ2n) is 11.1. The molecular formula is C34H33BrN4O3S. The molecule has 1 saturated heterocycles. The van der Waals surface area contributed by atoms with Crippen LogP contribution >= 0.6 is 27.7 Å². The molecule has 2 unspecified atom stereocenters. The highest BCUT2D eigenvalue weighted by Gasteiger charge is 2.35. The normalized spacial score (nSPS) is 17.2. The number of thioether (sulfide) groups is 1. The molecule has 220 valence electrons. The van der Waals surface area contributed by atoms with E-state index in [0.29, 0.717) is 40.3 Å². The Morgan fingerprint density at radius 1 is 0.884 bits per heavy atom. The number of benzene rings is 3. The molecule has 0 spiro atoms. The van der Waals surface area contributed by atoms with Crippen LogP contribution in [0.1, 0.15) is 44.3 Å². The van der Waals surface area contributed by atoms with Gasteiger partial charge >= 0.3 is 0 Å². The molecule has 3 aromatic carbocycles. The van der Waals surface area contributed by atoms with Crippen molar-refractivity contribution in [3.8, 4) is 0 Å². The van der Waals surface area contributed by atoms with E-state index >= 15 is 0 Å². The Balaban J connectivity index is 1.21. The number of nitrogens with one attached hydrogen (secondary N) is 2. The second kappa shape index (κ2) is 13.2. The van der Waals surface area contributed by atoms with Crippen molar-refractivity contribution < 1.29 is 9.59 Å². The van der Waals surface area contributed by atoms with Crippen LogP contribution in [0, 0.1) is 5.92 Å². The number of halogens is 1. The third-order valence-corrected chi connectivity index (χ3v) is 9.81. The minimum absolute atomic E-state index is 0.0517. The van der Waals surface area contributed by atoms with Gasteiger partial charge < -0.3 is 20.1 Å². The van der Waals surface area contributed by atoms with Crippen molar-refractivity contribution in [1.29, 1.82) is 0 Å². The van der Waals surface area contributed by atoms with E-state index in [9.17, 15) is 14.4 Å². The van der Waals surface area contributed by atoms with Gasteiger partial charge in [0, 0.05) is 65.4 Å². The fourth-order valence-electron chi connectivity index (χ4n) is 6.08. The van der Waals surface area contributed by atoms with Crippen LogP contribution in [0.4, 0.5) is 11.4 Å². The lowest BCUT2D eigenvalue weighted by Gasteiger charge is -2.44. The largest absolute Gasteiger partial charge is 0.369 e. The molecule has 4 aromatic rings. The Labute approximate surface area is 263 Å². The number of amides is 2. The van der Waals surface area contributed by atoms with Crippen molar-refractivity contribution >= 4 is 50.9 Å². The molecule has 2 aliphatic rings. The summed E-state index contributed by atoms with van der Waals surface area (Å²) < 4.78 is 2.61. The summed E-state index contributed by atoms with van der Waals surface area (Å²) in [6, 6.07) is 28.6. The topological polar surface area (TPSA) is 83.4 Å². The van der Waals surface area contributed by atoms with E-state index in [1.54, 1.807) is 30.0 Å². The van der Waals surface area contributed by atoms with Gasteiger partial charge in [-0.25, -0.2) is 0 Å². The van der Waals surface area contributed by atoms with E-state index in [0.717, 1.165) is 42.4 Å². The number of carbonyl (C=O) groups excluding carboxylic acids is 2. The Kier molecular flexibility index (Phi) is 9.00. The van der Waals surface area contributed by atoms with Gasteiger partial charge in [-0.2, -0.15) is 11.8 Å². The number of piperidine rings is 1. The Hall–Kier alpha value is -3.82. The van der Waals surface area contributed by atoms with Crippen LogP contribution in [0.5, 0.6) is 0 Å². The molecule has 9 heteroatoms. The molecule has 3 heterocycles. The van der Waals surface area contributed by atoms with E-state index < -0.39 is 0 Å². The molecule has 1 aromatic heterocycles. The standard InChI is InChI=1S/C34H33BrN4O3S/c35-28-10-5-4-9-27(28)34(42)37-29-18-25(33(41)36-15-16-43-22-23-7-2-1-3-8-23)13-14-31(29)38-19-24-17-26(21-38)30-11-6-12-32(40)39(30)20-24/h1-14,18,24,26H,15-17,19-22H2,(H,36,41)(H,37,42). The highest BCUT2D eigenvalue weighted by Crippen LogP contribution is 2.39. The summed E-state index contributed by atoms with van der Waals surface area (Å²) in [5.41, 5.74) is 4.85. The van der Waals surface area contributed by atoms with Crippen LogP contribution in [0.3, 0.4) is 0 Å². The number of rotatable bonds is 9. The molecule has 1 fully saturated rings. The average molecular weight is 658 g/mol. The summed E-state index contributed by atoms with van der Waals surface area (Å²) in [5.74, 6) is 1.79. The van der Waals surface area contributed by atoms with Crippen LogP contribution in [-0.4, -0.2) is 41.8 Å². The van der Waals surface area contributed by atoms with Gasteiger partial charge in [-0.3, -0.25) is 14.4 Å². The molecule has 2 N–H and O–H groups in total. The SMILES string of the molecule is O=C(NCCSCc1ccccc1)c1ccc(N2CC3CC(C2)c2cccc(=O)n2C3)c(NC(=O)c2ccccc2Br)c1. The summed E-state index contributed by atoms with van der Waals surface area (Å²) in [6.45, 7) is 2.72. The maximum Gasteiger partial charge on any atom is 0.256 e. The van der Waals surface area contributed by atoms with Gasteiger partial charge in [0.05, 0.1) is 16.9 Å². The fraction of sp³-hybridized carbons (Fsp3) is 0.265. The van der Waals surface area contributed by atoms with Crippen LogP contribution in [-0.2, 0) is 12.3 Å². The lowest BCUT2D eigenvalue weighted by atomic mass is 9.83. The van der Waals surface area contributed by atoms with Crippen LogP contribution in [0.2, 0.25) is 0 Å². The van der Waals surface area contributed by atoms with Gasteiger partial charge in [0.1, 0.15) is 0 Å². The first-order valence-corrected chi connectivity index (χ1v) is 16.5. The number of carbonyl (C=O) groups is 2. The number of aromatic nitrogens is 1. The number of anilines is 2. The first kappa shape index (κ1) is 29.3. The van der Waals surface area contributed by atoms with Crippen molar-refractivity contribution in [2.75, 3.05) is 35.6 Å². The quantitative estimate of drug-likeness (QED) is 0.211. The number of nitrogens with zero attached hydrogens (tertiary/aromatic N) is 2. The monoisotopic (exact) mass is 656 g/mol. The number of hydrogen-bond acceptors (Lipinski definition) is 5. The Morgan fingerprint density at radius 3 is 2.53 bits per heavy atom. The zero-order chi connectivity index (χ0) is 29.8. The number of hydrogen-bond donors (Lipinski definition) is 2. The smallest absolute Gasteiger partial charge is 0.256 e. The summed E-state index contributed by atoms with van der Waals surface area (Å²) in [5, 5.41) is 6.13. The zero-order valence-corrected chi connectivity index (χ0v) is 26.1. The molecule has 2 bridgehead atoms. The van der Waals surface area contributed by atoms with Gasteiger partial charge in [-0.05, 0) is 70.2 Å². The predicted molar refractivity (Wildman–Crippen MR) is 177 cm³/mol. The Morgan fingerprint density at radius 2 is 1.70 bits per heavy atom. The van der Waals surface area contributed by atoms with Crippen molar-refractivity contribution in [3.63, 3.8) is 0 Å². The van der Waals surface area contributed by atoms with Gasteiger partial charge in [-0.1, -0.05) is 48.5 Å². The molecule has 2 atom stereocenters. The molecule has 6 rings (SSSR count). The third kappa shape index (κ3) is 6.73. The number of fused-ring (bicyclic) bond motifs is 4. The van der Waals surface area contributed by atoms with Crippen molar-refractivity contribution in [2.24, 2.45) is 5.92 Å². The van der Waals surface area contributed by atoms with Crippen LogP contribution in [0.15, 0.2) is 100 Å². The highest BCUT2D eigenvalue weighted by atomic mass is 79.9. The summed E-state index contributed by atoms with van der Waals surface area (Å²) in [6.07, 6.45) is 1.03. The molecule has 2 aliphatic heterocycles. The predicted octanol–water partition coefficient (Wildman–Crippen LogP) is 6.15. The molecular weight excluding hydrogens is 624 g/mol. The van der Waals surface area contributed by atoms with E-state index in [2.05, 4.69) is 43.6 Å². The summed E-state index contributed by atoms with van der Waals surface area (Å²) >= 11 is 5.26.